The number of carboxylic acid groups (broad SMARTS) is 1. The van der Waals surface area contributed by atoms with E-state index in [9.17, 15) is 13.2 Å². The van der Waals surface area contributed by atoms with Gasteiger partial charge in [0.15, 0.2) is 0 Å². The van der Waals surface area contributed by atoms with Crippen LogP contribution in [0.4, 0.5) is 0 Å². The molecular weight excluding hydrogens is 260 g/mol. The molecule has 1 aromatic heterocycles. The van der Waals surface area contributed by atoms with Crippen LogP contribution in [0, 0.1) is 0 Å². The van der Waals surface area contributed by atoms with Crippen LogP contribution in [0.2, 0.25) is 0 Å². The third-order valence-electron chi connectivity index (χ3n) is 2.68. The van der Waals surface area contributed by atoms with Crippen LogP contribution < -0.4 is 4.72 Å². The maximum atomic E-state index is 12.0. The van der Waals surface area contributed by atoms with E-state index in [1.807, 2.05) is 0 Å². The van der Waals surface area contributed by atoms with Crippen molar-refractivity contribution >= 4 is 16.0 Å². The monoisotopic (exact) mass is 274 g/mol. The number of carbonyl (C=O) groups is 1. The van der Waals surface area contributed by atoms with Crippen molar-refractivity contribution in [2.45, 2.75) is 23.8 Å². The van der Waals surface area contributed by atoms with E-state index >= 15 is 0 Å². The van der Waals surface area contributed by atoms with Gasteiger partial charge in [0, 0.05) is 18.8 Å². The summed E-state index contributed by atoms with van der Waals surface area (Å²) >= 11 is 0. The number of hydrogen-bond acceptors (Lipinski definition) is 4. The molecule has 1 unspecified atom stereocenters. The molecule has 0 aromatic carbocycles. The summed E-state index contributed by atoms with van der Waals surface area (Å²) in [6, 6.07) is 0.834. The Bertz CT molecular complexity index is 530. The first-order chi connectivity index (χ1) is 8.49. The molecule has 1 fully saturated rings. The summed E-state index contributed by atoms with van der Waals surface area (Å²) in [5.41, 5.74) is -0.157. The van der Waals surface area contributed by atoms with Gasteiger partial charge in [-0.25, -0.2) is 17.9 Å². The summed E-state index contributed by atoms with van der Waals surface area (Å²) in [5.74, 6) is -1.20. The van der Waals surface area contributed by atoms with Gasteiger partial charge in [-0.3, -0.25) is 0 Å². The number of carboxylic acids is 1. The largest absolute Gasteiger partial charge is 0.477 e. The number of ether oxygens (including phenoxy) is 1. The summed E-state index contributed by atoms with van der Waals surface area (Å²) < 4.78 is 31.6. The van der Waals surface area contributed by atoms with Crippen LogP contribution in [0.25, 0.3) is 0 Å². The molecule has 0 aliphatic carbocycles. The molecule has 3 N–H and O–H groups in total. The van der Waals surface area contributed by atoms with E-state index in [4.69, 9.17) is 9.84 Å². The molecule has 0 radical (unpaired) electrons. The molecule has 8 heteroatoms. The average Bonchev–Trinajstić information content (AvgIpc) is 2.79. The van der Waals surface area contributed by atoms with Crippen molar-refractivity contribution in [2.24, 2.45) is 0 Å². The van der Waals surface area contributed by atoms with E-state index in [2.05, 4.69) is 9.71 Å². The number of nitrogens with one attached hydrogen (secondary N) is 2. The van der Waals surface area contributed by atoms with Crippen LogP contribution in [0.1, 0.15) is 23.3 Å². The van der Waals surface area contributed by atoms with Gasteiger partial charge in [0.05, 0.1) is 6.61 Å². The molecule has 0 amide bonds. The molecule has 1 saturated heterocycles. The third-order valence-corrected chi connectivity index (χ3v) is 4.18. The Morgan fingerprint density at radius 1 is 1.56 bits per heavy atom. The van der Waals surface area contributed by atoms with Crippen molar-refractivity contribution in [1.82, 2.24) is 9.71 Å². The first-order valence-corrected chi connectivity index (χ1v) is 6.99. The van der Waals surface area contributed by atoms with E-state index in [0.29, 0.717) is 13.2 Å². The van der Waals surface area contributed by atoms with Crippen LogP contribution in [0.5, 0.6) is 0 Å². The van der Waals surface area contributed by atoms with Crippen LogP contribution in [-0.4, -0.2) is 43.7 Å². The minimum absolute atomic E-state index is 0.0783. The van der Waals surface area contributed by atoms with Gasteiger partial charge in [0.2, 0.25) is 10.0 Å². The lowest BCUT2D eigenvalue weighted by Crippen LogP contribution is -2.40. The molecule has 2 rings (SSSR count). The lowest BCUT2D eigenvalue weighted by Gasteiger charge is -2.22. The fraction of sp³-hybridized carbons (Fsp3) is 0.500. The predicted molar refractivity (Wildman–Crippen MR) is 61.9 cm³/mol. The molecule has 7 nitrogen and oxygen atoms in total. The Morgan fingerprint density at radius 3 is 2.89 bits per heavy atom. The molecule has 1 aliphatic heterocycles. The fourth-order valence-corrected chi connectivity index (χ4v) is 3.02. The molecule has 100 valence electrons. The maximum absolute atomic E-state index is 12.0. The number of aromatic amines is 1. The number of sulfonamides is 1. The number of rotatable bonds is 4. The Morgan fingerprint density at radius 2 is 2.33 bits per heavy atom. The number of hydrogen-bond donors (Lipinski definition) is 3. The summed E-state index contributed by atoms with van der Waals surface area (Å²) in [6.45, 7) is 0.987. The van der Waals surface area contributed by atoms with Gasteiger partial charge in [-0.15, -0.1) is 0 Å². The summed E-state index contributed by atoms with van der Waals surface area (Å²) in [4.78, 5) is 13.0. The van der Waals surface area contributed by atoms with Crippen LogP contribution >= 0.6 is 0 Å². The molecule has 0 spiro atoms. The highest BCUT2D eigenvalue weighted by molar-refractivity contribution is 7.89. The Labute approximate surface area is 104 Å². The summed E-state index contributed by atoms with van der Waals surface area (Å²) in [5, 5.41) is 8.72. The highest BCUT2D eigenvalue weighted by atomic mass is 32.2. The fourth-order valence-electron chi connectivity index (χ4n) is 1.77. The van der Waals surface area contributed by atoms with Gasteiger partial charge in [-0.05, 0) is 18.9 Å². The number of aromatic nitrogens is 1. The molecule has 1 aromatic rings. The zero-order valence-corrected chi connectivity index (χ0v) is 10.4. The second kappa shape index (κ2) is 5.09. The number of H-pyrrole nitrogens is 1. The zero-order chi connectivity index (χ0) is 13.2. The van der Waals surface area contributed by atoms with E-state index in [0.717, 1.165) is 25.1 Å². The standard InChI is InChI=1S/C10H14N2O5S/c13-10(14)9-4-8(5-11-9)18(15,16)12-7-2-1-3-17-6-7/h4-5,7,11-12H,1-3,6H2,(H,13,14). The molecule has 1 aliphatic rings. The molecular formula is C10H14N2O5S. The Balaban J connectivity index is 2.11. The first kappa shape index (κ1) is 13.1. The first-order valence-electron chi connectivity index (χ1n) is 5.51. The Hall–Kier alpha value is -1.38. The Kier molecular flexibility index (Phi) is 3.69. The van der Waals surface area contributed by atoms with Gasteiger partial charge >= 0.3 is 5.97 Å². The highest BCUT2D eigenvalue weighted by Gasteiger charge is 2.23. The average molecular weight is 274 g/mol. The van der Waals surface area contributed by atoms with E-state index in [1.54, 1.807) is 0 Å². The quantitative estimate of drug-likeness (QED) is 0.725. The molecule has 0 saturated carbocycles. The van der Waals surface area contributed by atoms with Crippen molar-refractivity contribution in [3.63, 3.8) is 0 Å². The lowest BCUT2D eigenvalue weighted by molar-refractivity contribution is 0.0691. The number of aromatic carboxylic acids is 1. The minimum Gasteiger partial charge on any atom is -0.477 e. The van der Waals surface area contributed by atoms with Crippen LogP contribution in [0.15, 0.2) is 17.2 Å². The van der Waals surface area contributed by atoms with Crippen LogP contribution in [-0.2, 0) is 14.8 Å². The predicted octanol–water partition coefficient (Wildman–Crippen LogP) is 0.170. The van der Waals surface area contributed by atoms with Gasteiger partial charge in [-0.2, -0.15) is 0 Å². The third kappa shape index (κ3) is 2.89. The highest BCUT2D eigenvalue weighted by Crippen LogP contribution is 2.14. The molecule has 0 bridgehead atoms. The maximum Gasteiger partial charge on any atom is 0.352 e. The van der Waals surface area contributed by atoms with E-state index in [1.165, 1.54) is 0 Å². The van der Waals surface area contributed by atoms with Crippen molar-refractivity contribution in [3.8, 4) is 0 Å². The van der Waals surface area contributed by atoms with Crippen LogP contribution in [0.3, 0.4) is 0 Å². The SMILES string of the molecule is O=C(O)c1cc(S(=O)(=O)NC2CCCOC2)c[nH]1. The molecule has 18 heavy (non-hydrogen) atoms. The normalized spacial score (nSPS) is 20.8. The van der Waals surface area contributed by atoms with Gasteiger partial charge in [-0.1, -0.05) is 0 Å². The minimum atomic E-state index is -3.70. The van der Waals surface area contributed by atoms with Crippen molar-refractivity contribution in [3.05, 3.63) is 18.0 Å². The van der Waals surface area contributed by atoms with Crippen molar-refractivity contribution in [1.29, 1.82) is 0 Å². The smallest absolute Gasteiger partial charge is 0.352 e. The second-order valence-electron chi connectivity index (χ2n) is 4.09. The summed E-state index contributed by atoms with van der Waals surface area (Å²) in [6.07, 6.45) is 2.69. The molecule has 1 atom stereocenters. The van der Waals surface area contributed by atoms with Gasteiger partial charge in [0.25, 0.3) is 0 Å². The van der Waals surface area contributed by atoms with Crippen molar-refractivity contribution < 1.29 is 23.1 Å². The second-order valence-corrected chi connectivity index (χ2v) is 5.80. The van der Waals surface area contributed by atoms with Crippen molar-refractivity contribution in [2.75, 3.05) is 13.2 Å². The zero-order valence-electron chi connectivity index (χ0n) is 9.55. The topological polar surface area (TPSA) is 108 Å². The summed E-state index contributed by atoms with van der Waals surface area (Å²) in [7, 11) is -3.70. The van der Waals surface area contributed by atoms with E-state index < -0.39 is 16.0 Å². The van der Waals surface area contributed by atoms with E-state index in [-0.39, 0.29) is 16.6 Å². The lowest BCUT2D eigenvalue weighted by atomic mass is 10.1. The van der Waals surface area contributed by atoms with Gasteiger partial charge in [0.1, 0.15) is 10.6 Å². The van der Waals surface area contributed by atoms with Gasteiger partial charge < -0.3 is 14.8 Å². The molecule has 2 heterocycles.